The van der Waals surface area contributed by atoms with Gasteiger partial charge in [-0.25, -0.2) is 0 Å². The van der Waals surface area contributed by atoms with Gasteiger partial charge < -0.3 is 16.4 Å². The summed E-state index contributed by atoms with van der Waals surface area (Å²) in [7, 11) is 1.58. The van der Waals surface area contributed by atoms with Gasteiger partial charge in [-0.15, -0.1) is 0 Å². The Morgan fingerprint density at radius 1 is 1.25 bits per heavy atom. The zero-order chi connectivity index (χ0) is 14.7. The number of halogens is 2. The van der Waals surface area contributed by atoms with Gasteiger partial charge in [-0.3, -0.25) is 4.79 Å². The standard InChI is InChI=1S/C14H13BrClN3O/c1-18-14(20)8-2-5-13(12(17)6-8)19-9-3-4-11(16)10(15)7-9/h2-7,19H,17H2,1H3,(H,18,20). The van der Waals surface area contributed by atoms with Crippen LogP contribution in [0.25, 0.3) is 0 Å². The maximum absolute atomic E-state index is 11.5. The molecule has 0 spiro atoms. The Labute approximate surface area is 130 Å². The Morgan fingerprint density at radius 3 is 2.60 bits per heavy atom. The highest BCUT2D eigenvalue weighted by atomic mass is 79.9. The number of benzene rings is 2. The van der Waals surface area contributed by atoms with Crippen LogP contribution in [-0.4, -0.2) is 13.0 Å². The van der Waals surface area contributed by atoms with Gasteiger partial charge in [0.1, 0.15) is 0 Å². The van der Waals surface area contributed by atoms with Gasteiger partial charge in [0, 0.05) is 22.8 Å². The highest BCUT2D eigenvalue weighted by Crippen LogP contribution is 2.29. The van der Waals surface area contributed by atoms with Crippen LogP contribution in [-0.2, 0) is 0 Å². The number of hydrogen-bond acceptors (Lipinski definition) is 3. The number of rotatable bonds is 3. The molecule has 0 fully saturated rings. The van der Waals surface area contributed by atoms with E-state index in [-0.39, 0.29) is 5.91 Å². The summed E-state index contributed by atoms with van der Waals surface area (Å²) in [6, 6.07) is 10.6. The molecule has 6 heteroatoms. The minimum Gasteiger partial charge on any atom is -0.397 e. The van der Waals surface area contributed by atoms with Crippen LogP contribution in [0.2, 0.25) is 5.02 Å². The fourth-order valence-corrected chi connectivity index (χ4v) is 2.19. The van der Waals surface area contributed by atoms with Crippen LogP contribution in [0.5, 0.6) is 0 Å². The lowest BCUT2D eigenvalue weighted by Crippen LogP contribution is -2.17. The molecule has 2 aromatic carbocycles. The van der Waals surface area contributed by atoms with Gasteiger partial charge in [-0.05, 0) is 52.3 Å². The number of carbonyl (C=O) groups is 1. The van der Waals surface area contributed by atoms with Crippen molar-refractivity contribution in [2.24, 2.45) is 0 Å². The zero-order valence-electron chi connectivity index (χ0n) is 10.7. The van der Waals surface area contributed by atoms with Crippen molar-refractivity contribution in [3.63, 3.8) is 0 Å². The summed E-state index contributed by atoms with van der Waals surface area (Å²) in [6.07, 6.45) is 0. The summed E-state index contributed by atoms with van der Waals surface area (Å²) in [5.74, 6) is -0.169. The summed E-state index contributed by atoms with van der Waals surface area (Å²) in [5.41, 5.74) is 8.54. The molecule has 20 heavy (non-hydrogen) atoms. The molecule has 0 saturated heterocycles. The smallest absolute Gasteiger partial charge is 0.251 e. The summed E-state index contributed by atoms with van der Waals surface area (Å²) in [5, 5.41) is 6.37. The Morgan fingerprint density at radius 2 is 2.00 bits per heavy atom. The second-order valence-corrected chi connectivity index (χ2v) is 5.40. The number of amides is 1. The SMILES string of the molecule is CNC(=O)c1ccc(Nc2ccc(Cl)c(Br)c2)c(N)c1. The van der Waals surface area contributed by atoms with Crippen molar-refractivity contribution in [2.75, 3.05) is 18.1 Å². The van der Waals surface area contributed by atoms with E-state index in [9.17, 15) is 4.79 Å². The highest BCUT2D eigenvalue weighted by Gasteiger charge is 2.07. The average molecular weight is 355 g/mol. The quantitative estimate of drug-likeness (QED) is 0.735. The van der Waals surface area contributed by atoms with Gasteiger partial charge >= 0.3 is 0 Å². The third kappa shape index (κ3) is 3.23. The number of anilines is 3. The number of hydrogen-bond donors (Lipinski definition) is 3. The normalized spacial score (nSPS) is 10.2. The van der Waals surface area contributed by atoms with E-state index in [4.69, 9.17) is 17.3 Å². The Bertz CT molecular complexity index is 661. The molecule has 2 rings (SSSR count). The second kappa shape index (κ2) is 6.15. The van der Waals surface area contributed by atoms with Crippen LogP contribution in [0.3, 0.4) is 0 Å². The number of nitrogens with two attached hydrogens (primary N) is 1. The molecule has 0 radical (unpaired) electrons. The van der Waals surface area contributed by atoms with Gasteiger partial charge in [0.05, 0.1) is 16.4 Å². The zero-order valence-corrected chi connectivity index (χ0v) is 13.0. The molecule has 4 nitrogen and oxygen atoms in total. The Kier molecular flexibility index (Phi) is 4.52. The van der Waals surface area contributed by atoms with E-state index in [0.29, 0.717) is 16.3 Å². The molecular formula is C14H13BrClN3O. The molecule has 0 aromatic heterocycles. The Balaban J connectivity index is 2.25. The summed E-state index contributed by atoms with van der Waals surface area (Å²) in [6.45, 7) is 0. The first-order chi connectivity index (χ1) is 9.51. The van der Waals surface area contributed by atoms with Crippen LogP contribution in [0.15, 0.2) is 40.9 Å². The average Bonchev–Trinajstić information content (AvgIpc) is 2.44. The fraction of sp³-hybridized carbons (Fsp3) is 0.0714. The lowest BCUT2D eigenvalue weighted by Gasteiger charge is -2.11. The van der Waals surface area contributed by atoms with Crippen molar-refractivity contribution in [2.45, 2.75) is 0 Å². The number of carbonyl (C=O) groups excluding carboxylic acids is 1. The van der Waals surface area contributed by atoms with Crippen LogP contribution in [0.4, 0.5) is 17.1 Å². The monoisotopic (exact) mass is 353 g/mol. The third-order valence-corrected chi connectivity index (χ3v) is 3.95. The van der Waals surface area contributed by atoms with Gasteiger partial charge in [0.15, 0.2) is 0 Å². The van der Waals surface area contributed by atoms with E-state index >= 15 is 0 Å². The first-order valence-corrected chi connectivity index (χ1v) is 7.02. The first-order valence-electron chi connectivity index (χ1n) is 5.85. The van der Waals surface area contributed by atoms with E-state index in [1.807, 2.05) is 12.1 Å². The molecule has 2 aromatic rings. The van der Waals surface area contributed by atoms with Gasteiger partial charge in [0.25, 0.3) is 5.91 Å². The highest BCUT2D eigenvalue weighted by molar-refractivity contribution is 9.10. The van der Waals surface area contributed by atoms with Crippen LogP contribution < -0.4 is 16.4 Å². The van der Waals surface area contributed by atoms with Gasteiger partial charge in [-0.1, -0.05) is 11.6 Å². The maximum Gasteiger partial charge on any atom is 0.251 e. The lowest BCUT2D eigenvalue weighted by molar-refractivity contribution is 0.0963. The Hall–Kier alpha value is -1.72. The molecule has 0 atom stereocenters. The predicted molar refractivity (Wildman–Crippen MR) is 86.7 cm³/mol. The van der Waals surface area contributed by atoms with E-state index in [2.05, 4.69) is 26.6 Å². The molecule has 0 heterocycles. The number of nitrogens with one attached hydrogen (secondary N) is 2. The number of nitrogen functional groups attached to an aromatic ring is 1. The van der Waals surface area contributed by atoms with E-state index in [1.165, 1.54) is 0 Å². The van der Waals surface area contributed by atoms with Crippen molar-refractivity contribution in [1.82, 2.24) is 5.32 Å². The first kappa shape index (κ1) is 14.7. The largest absolute Gasteiger partial charge is 0.397 e. The summed E-state index contributed by atoms with van der Waals surface area (Å²) >= 11 is 9.30. The summed E-state index contributed by atoms with van der Waals surface area (Å²) in [4.78, 5) is 11.5. The van der Waals surface area contributed by atoms with E-state index in [0.717, 1.165) is 15.8 Å². The minimum absolute atomic E-state index is 0.169. The van der Waals surface area contributed by atoms with Crippen molar-refractivity contribution in [3.8, 4) is 0 Å². The molecule has 0 unspecified atom stereocenters. The molecule has 1 amide bonds. The van der Waals surface area contributed by atoms with Crippen LogP contribution in [0.1, 0.15) is 10.4 Å². The topological polar surface area (TPSA) is 67.2 Å². The van der Waals surface area contributed by atoms with Crippen LogP contribution in [0, 0.1) is 0 Å². The molecular weight excluding hydrogens is 342 g/mol. The fourth-order valence-electron chi connectivity index (χ4n) is 1.69. The summed E-state index contributed by atoms with van der Waals surface area (Å²) < 4.78 is 0.796. The molecule has 4 N–H and O–H groups in total. The molecule has 104 valence electrons. The van der Waals surface area contributed by atoms with Crippen molar-refractivity contribution < 1.29 is 4.79 Å². The lowest BCUT2D eigenvalue weighted by atomic mass is 10.1. The molecule has 0 bridgehead atoms. The van der Waals surface area contributed by atoms with Crippen LogP contribution >= 0.6 is 27.5 Å². The molecule has 0 saturated carbocycles. The van der Waals surface area contributed by atoms with Crippen molar-refractivity contribution >= 4 is 50.5 Å². The minimum atomic E-state index is -0.169. The van der Waals surface area contributed by atoms with Gasteiger partial charge in [-0.2, -0.15) is 0 Å². The van der Waals surface area contributed by atoms with Crippen molar-refractivity contribution in [1.29, 1.82) is 0 Å². The maximum atomic E-state index is 11.5. The van der Waals surface area contributed by atoms with Crippen molar-refractivity contribution in [3.05, 3.63) is 51.5 Å². The molecule has 0 aliphatic rings. The van der Waals surface area contributed by atoms with E-state index < -0.39 is 0 Å². The van der Waals surface area contributed by atoms with E-state index in [1.54, 1.807) is 31.3 Å². The predicted octanol–water partition coefficient (Wildman–Crippen LogP) is 3.79. The molecule has 0 aliphatic carbocycles. The second-order valence-electron chi connectivity index (χ2n) is 4.14. The third-order valence-electron chi connectivity index (χ3n) is 2.74. The van der Waals surface area contributed by atoms with Gasteiger partial charge in [0.2, 0.25) is 0 Å². The molecule has 0 aliphatic heterocycles.